The Morgan fingerprint density at radius 2 is 1.81 bits per heavy atom. The van der Waals surface area contributed by atoms with E-state index in [0.29, 0.717) is 9.93 Å². The van der Waals surface area contributed by atoms with Crippen LogP contribution in [-0.2, 0) is 4.79 Å². The largest absolute Gasteiger partial charge is 0.439 e. The summed E-state index contributed by atoms with van der Waals surface area (Å²) in [4.78, 5) is 13.6. The Morgan fingerprint density at radius 3 is 2.62 bits per heavy atom. The second-order valence-corrected chi connectivity index (χ2v) is 9.45. The van der Waals surface area contributed by atoms with Crippen molar-refractivity contribution in [3.05, 3.63) is 105 Å². The highest BCUT2D eigenvalue weighted by Gasteiger charge is 2.57. The monoisotopic (exact) mass is 459 g/mol. The SMILES string of the molecule is O=C1N[C@]2(Oc3ccccc3[C@H]3CC(c4ccccc4)=NN32)S/C1=C/c1ccc(Cl)cc1. The number of nitrogens with one attached hydrogen (secondary N) is 1. The van der Waals surface area contributed by atoms with E-state index in [9.17, 15) is 4.79 Å². The number of thioether (sulfide) groups is 1. The van der Waals surface area contributed by atoms with Gasteiger partial charge >= 0.3 is 5.18 Å². The van der Waals surface area contributed by atoms with Gasteiger partial charge in [-0.15, -0.1) is 0 Å². The molecule has 3 aliphatic heterocycles. The maximum atomic E-state index is 13.0. The second-order valence-electron chi connectivity index (χ2n) is 7.82. The quantitative estimate of drug-likeness (QED) is 0.521. The molecular formula is C25H18ClN3O2S. The second kappa shape index (κ2) is 7.43. The zero-order valence-electron chi connectivity index (χ0n) is 16.9. The Hall–Kier alpha value is -3.22. The van der Waals surface area contributed by atoms with E-state index in [-0.39, 0.29) is 11.9 Å². The Kier molecular flexibility index (Phi) is 4.52. The topological polar surface area (TPSA) is 53.9 Å². The molecule has 1 saturated heterocycles. The highest BCUT2D eigenvalue weighted by Crippen LogP contribution is 2.53. The molecule has 0 unspecified atom stereocenters. The van der Waals surface area contributed by atoms with Gasteiger partial charge in [-0.25, -0.2) is 5.01 Å². The molecule has 7 heteroatoms. The van der Waals surface area contributed by atoms with Crippen LogP contribution < -0.4 is 10.1 Å². The lowest BCUT2D eigenvalue weighted by atomic mass is 9.97. The maximum Gasteiger partial charge on any atom is 0.336 e. The number of hydrogen-bond donors (Lipinski definition) is 1. The van der Waals surface area contributed by atoms with E-state index in [4.69, 9.17) is 21.4 Å². The molecule has 32 heavy (non-hydrogen) atoms. The lowest BCUT2D eigenvalue weighted by Crippen LogP contribution is -2.58. The van der Waals surface area contributed by atoms with Crippen molar-refractivity contribution in [3.8, 4) is 5.75 Å². The van der Waals surface area contributed by atoms with Crippen LogP contribution in [0.15, 0.2) is 88.9 Å². The molecule has 1 fully saturated rings. The number of carbonyl (C=O) groups excluding carboxylic acids is 1. The van der Waals surface area contributed by atoms with Gasteiger partial charge in [-0.2, -0.15) is 5.10 Å². The van der Waals surface area contributed by atoms with E-state index < -0.39 is 5.18 Å². The van der Waals surface area contributed by atoms with Crippen molar-refractivity contribution in [3.63, 3.8) is 0 Å². The van der Waals surface area contributed by atoms with Crippen molar-refractivity contribution in [1.82, 2.24) is 10.3 Å². The minimum Gasteiger partial charge on any atom is -0.439 e. The molecule has 1 amide bonds. The van der Waals surface area contributed by atoms with Crippen LogP contribution >= 0.6 is 23.4 Å². The highest BCUT2D eigenvalue weighted by molar-refractivity contribution is 8.05. The van der Waals surface area contributed by atoms with Crippen molar-refractivity contribution in [2.45, 2.75) is 17.6 Å². The number of hydrazone groups is 1. The molecule has 0 aromatic heterocycles. The van der Waals surface area contributed by atoms with Crippen molar-refractivity contribution in [2.75, 3.05) is 0 Å². The fourth-order valence-corrected chi connectivity index (χ4v) is 5.55. The first kappa shape index (κ1) is 19.5. The van der Waals surface area contributed by atoms with Gasteiger partial charge in [-0.1, -0.05) is 72.3 Å². The number of hydrogen-bond acceptors (Lipinski definition) is 5. The molecular weight excluding hydrogens is 442 g/mol. The third-order valence-corrected chi connectivity index (χ3v) is 7.18. The van der Waals surface area contributed by atoms with E-state index in [1.54, 1.807) is 0 Å². The third kappa shape index (κ3) is 3.18. The smallest absolute Gasteiger partial charge is 0.336 e. The zero-order valence-corrected chi connectivity index (χ0v) is 18.4. The molecule has 3 aliphatic rings. The van der Waals surface area contributed by atoms with Crippen molar-refractivity contribution in [2.24, 2.45) is 5.10 Å². The average Bonchev–Trinajstić information content (AvgIpc) is 3.39. The average molecular weight is 460 g/mol. The summed E-state index contributed by atoms with van der Waals surface area (Å²) in [5.41, 5.74) is 4.01. The van der Waals surface area contributed by atoms with Crippen LogP contribution in [0.5, 0.6) is 5.75 Å². The Labute approximate surface area is 194 Å². The summed E-state index contributed by atoms with van der Waals surface area (Å²) in [6.45, 7) is 0. The molecule has 0 saturated carbocycles. The van der Waals surface area contributed by atoms with Crippen molar-refractivity contribution < 1.29 is 9.53 Å². The fraction of sp³-hybridized carbons (Fsp3) is 0.120. The van der Waals surface area contributed by atoms with E-state index in [2.05, 4.69) is 23.5 Å². The lowest BCUT2D eigenvalue weighted by Gasteiger charge is -2.43. The predicted octanol–water partition coefficient (Wildman–Crippen LogP) is 5.40. The number of benzene rings is 3. The summed E-state index contributed by atoms with van der Waals surface area (Å²) in [7, 11) is 0. The Balaban J connectivity index is 1.42. The molecule has 158 valence electrons. The van der Waals surface area contributed by atoms with Crippen molar-refractivity contribution >= 4 is 41.1 Å². The Bertz CT molecular complexity index is 1280. The van der Waals surface area contributed by atoms with Crippen molar-refractivity contribution in [1.29, 1.82) is 0 Å². The normalized spacial score (nSPS) is 24.7. The van der Waals surface area contributed by atoms with E-state index in [0.717, 1.165) is 34.6 Å². The fourth-order valence-electron chi connectivity index (χ4n) is 4.26. The van der Waals surface area contributed by atoms with Gasteiger partial charge in [0.05, 0.1) is 16.7 Å². The molecule has 0 bridgehead atoms. The van der Waals surface area contributed by atoms with Gasteiger partial charge in [-0.3, -0.25) is 10.1 Å². The minimum atomic E-state index is -1.13. The molecule has 5 nitrogen and oxygen atoms in total. The lowest BCUT2D eigenvalue weighted by molar-refractivity contribution is -0.127. The molecule has 3 aromatic carbocycles. The first-order valence-corrected chi connectivity index (χ1v) is 11.5. The first-order chi connectivity index (χ1) is 15.6. The molecule has 3 heterocycles. The summed E-state index contributed by atoms with van der Waals surface area (Å²) in [5.74, 6) is 0.574. The summed E-state index contributed by atoms with van der Waals surface area (Å²) >= 11 is 7.34. The van der Waals surface area contributed by atoms with E-state index in [1.165, 1.54) is 11.8 Å². The molecule has 3 aromatic rings. The molecule has 2 atom stereocenters. The first-order valence-electron chi connectivity index (χ1n) is 10.3. The Morgan fingerprint density at radius 1 is 1.06 bits per heavy atom. The zero-order chi connectivity index (χ0) is 21.7. The van der Waals surface area contributed by atoms with Crippen LogP contribution in [0.2, 0.25) is 5.02 Å². The van der Waals surface area contributed by atoms with Gasteiger partial charge in [0.2, 0.25) is 0 Å². The van der Waals surface area contributed by atoms with Crippen LogP contribution in [0, 0.1) is 0 Å². The van der Waals surface area contributed by atoms with Crippen LogP contribution in [0.1, 0.15) is 29.2 Å². The van der Waals surface area contributed by atoms with Crippen LogP contribution in [0.3, 0.4) is 0 Å². The number of para-hydroxylation sites is 1. The number of nitrogens with zero attached hydrogens (tertiary/aromatic N) is 2. The van der Waals surface area contributed by atoms with Crippen LogP contribution in [-0.4, -0.2) is 21.8 Å². The number of carbonyl (C=O) groups is 1. The number of ether oxygens (including phenoxy) is 1. The summed E-state index contributed by atoms with van der Waals surface area (Å²) in [6.07, 6.45) is 2.58. The number of fused-ring (bicyclic) bond motifs is 4. The number of amides is 1. The summed E-state index contributed by atoms with van der Waals surface area (Å²) in [6, 6.07) is 25.4. The number of halogens is 1. The van der Waals surface area contributed by atoms with Gasteiger partial charge in [-0.05, 0) is 47.2 Å². The molecule has 0 radical (unpaired) electrons. The van der Waals surface area contributed by atoms with Gasteiger partial charge in [0.1, 0.15) is 5.75 Å². The molecule has 0 aliphatic carbocycles. The van der Waals surface area contributed by atoms with Crippen LogP contribution in [0.4, 0.5) is 0 Å². The minimum absolute atomic E-state index is 0.0298. The standard InChI is InChI=1S/C25H18ClN3O2S/c26-18-12-10-16(11-13-18)14-23-24(30)27-25(32-23)29-21(19-8-4-5-9-22(19)31-25)15-20(28-29)17-6-2-1-3-7-17/h1-14,21H,15H2,(H,27,30)/b23-14+/t21-,25+/m1/s1. The van der Waals surface area contributed by atoms with Gasteiger partial charge in [0, 0.05) is 17.0 Å². The highest BCUT2D eigenvalue weighted by atomic mass is 35.5. The van der Waals surface area contributed by atoms with E-state index >= 15 is 0 Å². The number of rotatable bonds is 2. The van der Waals surface area contributed by atoms with Gasteiger partial charge in [0.25, 0.3) is 5.91 Å². The summed E-state index contributed by atoms with van der Waals surface area (Å²) < 4.78 is 6.42. The van der Waals surface area contributed by atoms with Crippen LogP contribution in [0.25, 0.3) is 6.08 Å². The predicted molar refractivity (Wildman–Crippen MR) is 127 cm³/mol. The molecule has 1 N–H and O–H groups in total. The van der Waals surface area contributed by atoms with Gasteiger partial charge in [0.15, 0.2) is 0 Å². The molecule has 1 spiro atoms. The van der Waals surface area contributed by atoms with Gasteiger partial charge < -0.3 is 4.74 Å². The molecule has 6 rings (SSSR count). The maximum absolute atomic E-state index is 13.0. The summed E-state index contributed by atoms with van der Waals surface area (Å²) in [5, 5.41) is 9.43. The third-order valence-electron chi connectivity index (χ3n) is 5.76. The van der Waals surface area contributed by atoms with E-state index in [1.807, 2.05) is 71.7 Å².